The van der Waals surface area contributed by atoms with Gasteiger partial charge in [0.25, 0.3) is 0 Å². The second-order valence-corrected chi connectivity index (χ2v) is 9.96. The summed E-state index contributed by atoms with van der Waals surface area (Å²) in [5.41, 5.74) is 4.21. The first kappa shape index (κ1) is 11.2. The van der Waals surface area contributed by atoms with Gasteiger partial charge in [-0.3, -0.25) is 0 Å². The molecule has 1 fully saturated rings. The Morgan fingerprint density at radius 3 is 2.38 bits per heavy atom. The number of hydrogen-bond donors (Lipinski definition) is 1. The fourth-order valence-electron chi connectivity index (χ4n) is 1.14. The Morgan fingerprint density at radius 1 is 1.25 bits per heavy atom. The summed E-state index contributed by atoms with van der Waals surface area (Å²) in [5, 5.41) is 3.25. The van der Waals surface area contributed by atoms with E-state index in [1.165, 1.54) is 12.8 Å². The van der Waals surface area contributed by atoms with E-state index in [-0.39, 0.29) is 0 Å². The lowest BCUT2D eigenvalue weighted by Gasteiger charge is -2.03. The van der Waals surface area contributed by atoms with E-state index < -0.39 is 8.07 Å². The van der Waals surface area contributed by atoms with Gasteiger partial charge in [-0.2, -0.15) is 0 Å². The maximum atomic E-state index is 4.25. The molecule has 2 rings (SSSR count). The van der Waals surface area contributed by atoms with E-state index >= 15 is 0 Å². The van der Waals surface area contributed by atoms with Crippen LogP contribution in [0.1, 0.15) is 18.4 Å². The third-order valence-electron chi connectivity index (χ3n) is 2.14. The molecule has 4 heteroatoms. The molecule has 0 aromatic carbocycles. The van der Waals surface area contributed by atoms with Crippen molar-refractivity contribution in [2.24, 2.45) is 0 Å². The van der Waals surface area contributed by atoms with Crippen molar-refractivity contribution in [2.45, 2.75) is 38.5 Å². The third kappa shape index (κ3) is 3.67. The summed E-state index contributed by atoms with van der Waals surface area (Å²) in [5.74, 6) is 3.86. The first-order valence-corrected chi connectivity index (χ1v) is 9.15. The van der Waals surface area contributed by atoms with Crippen LogP contribution >= 0.6 is 0 Å². The number of nitrogens with zero attached hydrogens (tertiary/aromatic N) is 2. The summed E-state index contributed by atoms with van der Waals surface area (Å²) in [4.78, 5) is 8.50. The molecular formula is C12H17N3Si. The molecule has 1 aromatic rings. The molecular weight excluding hydrogens is 214 g/mol. The van der Waals surface area contributed by atoms with E-state index in [9.17, 15) is 0 Å². The SMILES string of the molecule is C[Si](C)(C)C#Cc1cnc(NC2CC2)nc1. The molecule has 0 spiro atoms. The van der Waals surface area contributed by atoms with Crippen LogP contribution in [-0.2, 0) is 0 Å². The Hall–Kier alpha value is -1.34. The van der Waals surface area contributed by atoms with Gasteiger partial charge in [0.2, 0.25) is 5.95 Å². The molecule has 1 aliphatic carbocycles. The maximum Gasteiger partial charge on any atom is 0.222 e. The highest BCUT2D eigenvalue weighted by Crippen LogP contribution is 2.22. The largest absolute Gasteiger partial charge is 0.351 e. The smallest absolute Gasteiger partial charge is 0.222 e. The van der Waals surface area contributed by atoms with Gasteiger partial charge in [0.15, 0.2) is 0 Å². The summed E-state index contributed by atoms with van der Waals surface area (Å²) >= 11 is 0. The molecule has 3 nitrogen and oxygen atoms in total. The van der Waals surface area contributed by atoms with Crippen molar-refractivity contribution in [3.63, 3.8) is 0 Å². The summed E-state index contributed by atoms with van der Waals surface area (Å²) < 4.78 is 0. The Labute approximate surface area is 97.7 Å². The third-order valence-corrected chi connectivity index (χ3v) is 3.02. The summed E-state index contributed by atoms with van der Waals surface area (Å²) in [6.45, 7) is 6.68. The van der Waals surface area contributed by atoms with Crippen LogP contribution < -0.4 is 5.32 Å². The van der Waals surface area contributed by atoms with Crippen molar-refractivity contribution in [1.29, 1.82) is 0 Å². The predicted octanol–water partition coefficient (Wildman–Crippen LogP) is 2.28. The number of anilines is 1. The molecule has 1 aliphatic rings. The van der Waals surface area contributed by atoms with E-state index in [1.54, 1.807) is 12.4 Å². The summed E-state index contributed by atoms with van der Waals surface area (Å²) in [7, 11) is -1.30. The zero-order valence-corrected chi connectivity index (χ0v) is 11.0. The van der Waals surface area contributed by atoms with Gasteiger partial charge >= 0.3 is 0 Å². The number of hydrogen-bond acceptors (Lipinski definition) is 3. The van der Waals surface area contributed by atoms with Crippen LogP contribution in [0.15, 0.2) is 12.4 Å². The van der Waals surface area contributed by atoms with Crippen molar-refractivity contribution in [3.8, 4) is 11.5 Å². The van der Waals surface area contributed by atoms with Gasteiger partial charge in [-0.1, -0.05) is 25.6 Å². The first-order valence-electron chi connectivity index (χ1n) is 5.65. The summed E-state index contributed by atoms with van der Waals surface area (Å²) in [6, 6.07) is 0.596. The van der Waals surface area contributed by atoms with Gasteiger partial charge in [0.1, 0.15) is 8.07 Å². The van der Waals surface area contributed by atoms with Crippen LogP contribution in [0.4, 0.5) is 5.95 Å². The predicted molar refractivity (Wildman–Crippen MR) is 68.9 cm³/mol. The molecule has 1 N–H and O–H groups in total. The Kier molecular flexibility index (Phi) is 2.97. The van der Waals surface area contributed by atoms with Crippen LogP contribution in [0.2, 0.25) is 19.6 Å². The minimum atomic E-state index is -1.30. The molecule has 16 heavy (non-hydrogen) atoms. The zero-order valence-electron chi connectivity index (χ0n) is 10.0. The van der Waals surface area contributed by atoms with Gasteiger partial charge < -0.3 is 5.32 Å². The van der Waals surface area contributed by atoms with Gasteiger partial charge in [0.05, 0.1) is 5.56 Å². The number of rotatable bonds is 2. The van der Waals surface area contributed by atoms with Crippen molar-refractivity contribution < 1.29 is 0 Å². The van der Waals surface area contributed by atoms with Gasteiger partial charge in [0, 0.05) is 18.4 Å². The van der Waals surface area contributed by atoms with Crippen molar-refractivity contribution >= 4 is 14.0 Å². The average molecular weight is 231 g/mol. The van der Waals surface area contributed by atoms with Crippen LogP contribution in [0.25, 0.3) is 0 Å². The molecule has 0 aliphatic heterocycles. The van der Waals surface area contributed by atoms with Crippen molar-refractivity contribution in [1.82, 2.24) is 9.97 Å². The van der Waals surface area contributed by atoms with E-state index in [0.717, 1.165) is 11.5 Å². The highest BCUT2D eigenvalue weighted by molar-refractivity contribution is 6.83. The monoisotopic (exact) mass is 231 g/mol. The molecule has 0 radical (unpaired) electrons. The maximum absolute atomic E-state index is 4.25. The normalized spacial score (nSPS) is 15.2. The second-order valence-electron chi connectivity index (χ2n) is 5.21. The zero-order chi connectivity index (χ0) is 11.6. The Balaban J connectivity index is 2.02. The minimum absolute atomic E-state index is 0.596. The fraction of sp³-hybridized carbons (Fsp3) is 0.500. The van der Waals surface area contributed by atoms with Gasteiger partial charge in [-0.15, -0.1) is 5.54 Å². The van der Waals surface area contributed by atoms with Crippen LogP contribution in [0.3, 0.4) is 0 Å². The van der Waals surface area contributed by atoms with Gasteiger partial charge in [-0.05, 0) is 12.8 Å². The molecule has 1 heterocycles. The highest BCUT2D eigenvalue weighted by atomic mass is 28.3. The van der Waals surface area contributed by atoms with E-state index in [0.29, 0.717) is 6.04 Å². The van der Waals surface area contributed by atoms with Crippen LogP contribution in [0, 0.1) is 11.5 Å². The molecule has 0 saturated heterocycles. The highest BCUT2D eigenvalue weighted by Gasteiger charge is 2.21. The second kappa shape index (κ2) is 4.26. The lowest BCUT2D eigenvalue weighted by atomic mass is 10.4. The van der Waals surface area contributed by atoms with E-state index in [1.807, 2.05) is 0 Å². The molecule has 84 valence electrons. The lowest BCUT2D eigenvalue weighted by Crippen LogP contribution is -2.16. The number of aromatic nitrogens is 2. The minimum Gasteiger partial charge on any atom is -0.351 e. The first-order chi connectivity index (χ1) is 7.53. The molecule has 0 atom stereocenters. The topological polar surface area (TPSA) is 37.8 Å². The van der Waals surface area contributed by atoms with Crippen LogP contribution in [-0.4, -0.2) is 24.1 Å². The van der Waals surface area contributed by atoms with Crippen molar-refractivity contribution in [2.75, 3.05) is 5.32 Å². The van der Waals surface area contributed by atoms with E-state index in [4.69, 9.17) is 0 Å². The quantitative estimate of drug-likeness (QED) is 0.627. The van der Waals surface area contributed by atoms with Gasteiger partial charge in [-0.25, -0.2) is 9.97 Å². The lowest BCUT2D eigenvalue weighted by molar-refractivity contribution is 1.05. The van der Waals surface area contributed by atoms with Crippen molar-refractivity contribution in [3.05, 3.63) is 18.0 Å². The molecule has 1 saturated carbocycles. The molecule has 0 amide bonds. The Morgan fingerprint density at radius 2 is 1.88 bits per heavy atom. The molecule has 1 aromatic heterocycles. The Bertz CT molecular complexity index is 418. The molecule has 0 bridgehead atoms. The fourth-order valence-corrected chi connectivity index (χ4v) is 1.66. The van der Waals surface area contributed by atoms with E-state index in [2.05, 4.69) is 46.4 Å². The average Bonchev–Trinajstić information content (AvgIpc) is 3.00. The molecule has 0 unspecified atom stereocenters. The van der Waals surface area contributed by atoms with Crippen LogP contribution in [0.5, 0.6) is 0 Å². The standard InChI is InChI=1S/C12H17N3Si/c1-16(2,3)7-6-10-8-13-12(14-9-10)15-11-4-5-11/h8-9,11H,4-5H2,1-3H3,(H,13,14,15). The number of nitrogens with one attached hydrogen (secondary N) is 1. The summed E-state index contributed by atoms with van der Waals surface area (Å²) in [6.07, 6.45) is 6.07.